The molecule has 1 aromatic heterocycles. The highest BCUT2D eigenvalue weighted by Crippen LogP contribution is 2.27. The fraction of sp³-hybridized carbons (Fsp3) is 0.211. The topological polar surface area (TPSA) is 65.1 Å². The molecule has 0 fully saturated rings. The molecule has 0 unspecified atom stereocenters. The second-order valence-electron chi connectivity index (χ2n) is 5.84. The Hall–Kier alpha value is -2.37. The summed E-state index contributed by atoms with van der Waals surface area (Å²) in [5.41, 5.74) is 5.90. The Morgan fingerprint density at radius 3 is 2.67 bits per heavy atom. The van der Waals surface area contributed by atoms with Gasteiger partial charge in [-0.2, -0.15) is 0 Å². The van der Waals surface area contributed by atoms with Crippen molar-refractivity contribution < 1.29 is 5.11 Å². The number of aromatic nitrogens is 1. The van der Waals surface area contributed by atoms with Crippen molar-refractivity contribution in [1.29, 1.82) is 0 Å². The standard InChI is InChI=1S/C19H20N2O2S/c1-12-8-13(10-17-18(22)21-19(23)24-17)6-7-16(12)15-5-3-4-14(9-15)11-20-2/h3-9,20,22H,10-11H2,1-2H3,(H,21,23). The zero-order valence-electron chi connectivity index (χ0n) is 13.7. The van der Waals surface area contributed by atoms with Crippen LogP contribution in [0.5, 0.6) is 5.88 Å². The fourth-order valence-electron chi connectivity index (χ4n) is 2.87. The highest BCUT2D eigenvalue weighted by molar-refractivity contribution is 7.09. The maximum Gasteiger partial charge on any atom is 0.307 e. The molecule has 3 aromatic rings. The highest BCUT2D eigenvalue weighted by atomic mass is 32.1. The molecule has 4 nitrogen and oxygen atoms in total. The highest BCUT2D eigenvalue weighted by Gasteiger charge is 2.09. The average molecular weight is 340 g/mol. The number of rotatable bonds is 5. The molecule has 0 saturated carbocycles. The van der Waals surface area contributed by atoms with Crippen LogP contribution in [0.15, 0.2) is 47.3 Å². The molecule has 0 aliphatic heterocycles. The minimum atomic E-state index is -0.225. The van der Waals surface area contributed by atoms with Gasteiger partial charge in [-0.1, -0.05) is 47.7 Å². The summed E-state index contributed by atoms with van der Waals surface area (Å²) in [5.74, 6) is -0.0218. The number of aryl methyl sites for hydroxylation is 1. The second-order valence-corrected chi connectivity index (χ2v) is 6.91. The van der Waals surface area contributed by atoms with Crippen LogP contribution in [0, 0.1) is 6.92 Å². The van der Waals surface area contributed by atoms with Crippen molar-refractivity contribution in [2.75, 3.05) is 7.05 Å². The van der Waals surface area contributed by atoms with Crippen molar-refractivity contribution in [3.8, 4) is 17.0 Å². The number of H-pyrrole nitrogens is 1. The van der Waals surface area contributed by atoms with E-state index in [0.717, 1.165) is 23.4 Å². The van der Waals surface area contributed by atoms with E-state index in [1.807, 2.05) is 7.05 Å². The second kappa shape index (κ2) is 7.03. The normalized spacial score (nSPS) is 10.9. The van der Waals surface area contributed by atoms with Crippen LogP contribution in [0.1, 0.15) is 21.6 Å². The molecule has 3 N–H and O–H groups in total. The Morgan fingerprint density at radius 1 is 1.17 bits per heavy atom. The number of hydrogen-bond donors (Lipinski definition) is 3. The van der Waals surface area contributed by atoms with Gasteiger partial charge in [-0.3, -0.25) is 9.78 Å². The van der Waals surface area contributed by atoms with E-state index in [4.69, 9.17) is 0 Å². The first kappa shape index (κ1) is 16.5. The zero-order chi connectivity index (χ0) is 17.1. The van der Waals surface area contributed by atoms with Crippen LogP contribution in [0.2, 0.25) is 0 Å². The fourth-order valence-corrected chi connectivity index (χ4v) is 3.63. The summed E-state index contributed by atoms with van der Waals surface area (Å²) in [5, 5.41) is 12.9. The van der Waals surface area contributed by atoms with Crippen LogP contribution in [-0.4, -0.2) is 17.1 Å². The Balaban J connectivity index is 1.88. The molecule has 0 saturated heterocycles. The van der Waals surface area contributed by atoms with Gasteiger partial charge in [0.2, 0.25) is 5.88 Å². The molecule has 0 amide bonds. The van der Waals surface area contributed by atoms with Crippen LogP contribution in [0.3, 0.4) is 0 Å². The van der Waals surface area contributed by atoms with Crippen LogP contribution in [0.25, 0.3) is 11.1 Å². The number of aromatic hydroxyl groups is 1. The van der Waals surface area contributed by atoms with Gasteiger partial charge in [-0.25, -0.2) is 0 Å². The Bertz CT molecular complexity index is 912. The quantitative estimate of drug-likeness (QED) is 0.667. The molecule has 0 atom stereocenters. The van der Waals surface area contributed by atoms with E-state index in [1.165, 1.54) is 22.3 Å². The number of hydrogen-bond acceptors (Lipinski definition) is 4. The Labute approximate surface area is 144 Å². The minimum Gasteiger partial charge on any atom is -0.494 e. The van der Waals surface area contributed by atoms with Crippen molar-refractivity contribution in [3.63, 3.8) is 0 Å². The number of nitrogens with one attached hydrogen (secondary N) is 2. The third kappa shape index (κ3) is 3.58. The third-order valence-corrected chi connectivity index (χ3v) is 4.85. The zero-order valence-corrected chi connectivity index (χ0v) is 14.5. The van der Waals surface area contributed by atoms with Gasteiger partial charge in [-0.15, -0.1) is 0 Å². The summed E-state index contributed by atoms with van der Waals surface area (Å²) in [6.45, 7) is 2.93. The molecular formula is C19H20N2O2S. The van der Waals surface area contributed by atoms with Gasteiger partial charge in [0.25, 0.3) is 0 Å². The Kier molecular flexibility index (Phi) is 4.83. The molecule has 0 aliphatic carbocycles. The third-order valence-electron chi connectivity index (χ3n) is 3.97. The molecule has 0 spiro atoms. The maximum absolute atomic E-state index is 11.3. The summed E-state index contributed by atoms with van der Waals surface area (Å²) >= 11 is 1.05. The molecule has 5 heteroatoms. The Morgan fingerprint density at radius 2 is 2.00 bits per heavy atom. The van der Waals surface area contributed by atoms with Gasteiger partial charge in [0.15, 0.2) is 0 Å². The first-order chi connectivity index (χ1) is 11.6. The minimum absolute atomic E-state index is 0.0218. The molecule has 0 radical (unpaired) electrons. The van der Waals surface area contributed by atoms with Crippen molar-refractivity contribution >= 4 is 11.3 Å². The lowest BCUT2D eigenvalue weighted by molar-refractivity contribution is 0.451. The lowest BCUT2D eigenvalue weighted by atomic mass is 9.96. The lowest BCUT2D eigenvalue weighted by Gasteiger charge is -2.10. The molecule has 124 valence electrons. The van der Waals surface area contributed by atoms with E-state index in [1.54, 1.807) is 0 Å². The summed E-state index contributed by atoms with van der Waals surface area (Å²) in [7, 11) is 1.94. The van der Waals surface area contributed by atoms with Crippen LogP contribution >= 0.6 is 11.3 Å². The van der Waals surface area contributed by atoms with Crippen LogP contribution in [-0.2, 0) is 13.0 Å². The van der Waals surface area contributed by atoms with Gasteiger partial charge < -0.3 is 10.4 Å². The van der Waals surface area contributed by atoms with Crippen molar-refractivity contribution in [3.05, 3.63) is 73.7 Å². The molecule has 2 aromatic carbocycles. The lowest BCUT2D eigenvalue weighted by Crippen LogP contribution is -2.04. The summed E-state index contributed by atoms with van der Waals surface area (Å²) in [6, 6.07) is 14.8. The maximum atomic E-state index is 11.3. The molecule has 0 bridgehead atoms. The average Bonchev–Trinajstić information content (AvgIpc) is 2.85. The molecule has 1 heterocycles. The predicted molar refractivity (Wildman–Crippen MR) is 98.8 cm³/mol. The van der Waals surface area contributed by atoms with Crippen LogP contribution in [0.4, 0.5) is 0 Å². The number of thiazole rings is 1. The van der Waals surface area contributed by atoms with Gasteiger partial charge >= 0.3 is 4.87 Å². The number of aromatic amines is 1. The van der Waals surface area contributed by atoms with Gasteiger partial charge in [0, 0.05) is 13.0 Å². The van der Waals surface area contributed by atoms with Gasteiger partial charge in [0.05, 0.1) is 4.88 Å². The van der Waals surface area contributed by atoms with Crippen molar-refractivity contribution in [1.82, 2.24) is 10.3 Å². The van der Waals surface area contributed by atoms with E-state index < -0.39 is 0 Å². The summed E-state index contributed by atoms with van der Waals surface area (Å²) in [4.78, 5) is 14.1. The molecule has 0 aliphatic rings. The van der Waals surface area contributed by atoms with Gasteiger partial charge in [-0.05, 0) is 47.9 Å². The van der Waals surface area contributed by atoms with E-state index in [9.17, 15) is 9.90 Å². The van der Waals surface area contributed by atoms with Crippen molar-refractivity contribution in [2.45, 2.75) is 19.9 Å². The molecule has 3 rings (SSSR count). The van der Waals surface area contributed by atoms with E-state index in [2.05, 4.69) is 59.7 Å². The predicted octanol–water partition coefficient (Wildman–Crippen LogP) is 3.43. The summed E-state index contributed by atoms with van der Waals surface area (Å²) in [6.07, 6.45) is 0.552. The molecular weight excluding hydrogens is 320 g/mol. The number of benzene rings is 2. The first-order valence-electron chi connectivity index (χ1n) is 7.81. The van der Waals surface area contributed by atoms with Crippen molar-refractivity contribution in [2.24, 2.45) is 0 Å². The molecule has 24 heavy (non-hydrogen) atoms. The SMILES string of the molecule is CNCc1cccc(-c2ccc(Cc3sc(=O)[nH]c3O)cc2C)c1. The smallest absolute Gasteiger partial charge is 0.307 e. The summed E-state index contributed by atoms with van der Waals surface area (Å²) < 4.78 is 0. The van der Waals surface area contributed by atoms with E-state index in [-0.39, 0.29) is 10.8 Å². The largest absolute Gasteiger partial charge is 0.494 e. The van der Waals surface area contributed by atoms with Crippen LogP contribution < -0.4 is 10.2 Å². The van der Waals surface area contributed by atoms with Gasteiger partial charge in [0.1, 0.15) is 0 Å². The van der Waals surface area contributed by atoms with E-state index >= 15 is 0 Å². The van der Waals surface area contributed by atoms with E-state index in [0.29, 0.717) is 11.3 Å². The monoisotopic (exact) mass is 340 g/mol. The first-order valence-corrected chi connectivity index (χ1v) is 8.63.